The molecule has 0 aromatic heterocycles. The Labute approximate surface area is 443 Å². The molecule has 0 amide bonds. The fourth-order valence-corrected chi connectivity index (χ4v) is 7.59. The molecular weight excluding hydrogens is 889 g/mol. The van der Waals surface area contributed by atoms with Gasteiger partial charge in [0.2, 0.25) is 0 Å². The molecule has 1 unspecified atom stereocenters. The summed E-state index contributed by atoms with van der Waals surface area (Å²) in [6.45, 7) is 6.35. The third-order valence-electron chi connectivity index (χ3n) is 11.9. The maximum Gasteiger partial charge on any atom is 0.306 e. The molecule has 72 heavy (non-hydrogen) atoms. The van der Waals surface area contributed by atoms with Crippen molar-refractivity contribution in [2.75, 3.05) is 13.2 Å². The maximum atomic E-state index is 12.8. The summed E-state index contributed by atoms with van der Waals surface area (Å²) in [5.74, 6) is -0.962. The van der Waals surface area contributed by atoms with Crippen LogP contribution >= 0.6 is 0 Å². The van der Waals surface area contributed by atoms with Crippen LogP contribution in [0.15, 0.2) is 134 Å². The molecule has 406 valence electrons. The SMILES string of the molecule is CC/C=C\C/C=C\C/C=C\C/C=C\C/C=C\C/C=C\CCCCC(=O)OC(COC(=O)CCCCCCCCC/C=C\C/C=C\C/C=C\C/C=C\C/C=C\CC)COC(=O)CCCCCCCCCCCC. The number of esters is 3. The number of rotatable bonds is 51. The van der Waals surface area contributed by atoms with E-state index >= 15 is 0 Å². The third-order valence-corrected chi connectivity index (χ3v) is 11.9. The summed E-state index contributed by atoms with van der Waals surface area (Å²) >= 11 is 0. The van der Waals surface area contributed by atoms with E-state index in [2.05, 4.69) is 154 Å². The number of carbonyl (C=O) groups excluding carboxylic acids is 3. The molecule has 0 saturated carbocycles. The van der Waals surface area contributed by atoms with Gasteiger partial charge in [-0.1, -0.05) is 244 Å². The number of allylic oxidation sites excluding steroid dienone is 22. The molecule has 0 fully saturated rings. The Bertz CT molecular complexity index is 1560. The second-order valence-electron chi connectivity index (χ2n) is 18.8. The normalized spacial score (nSPS) is 13.1. The van der Waals surface area contributed by atoms with E-state index < -0.39 is 6.10 Å². The lowest BCUT2D eigenvalue weighted by molar-refractivity contribution is -0.167. The summed E-state index contributed by atoms with van der Waals surface area (Å²) in [6.07, 6.45) is 83.0. The van der Waals surface area contributed by atoms with Gasteiger partial charge in [-0.05, 0) is 116 Å². The van der Waals surface area contributed by atoms with Gasteiger partial charge in [0, 0.05) is 19.3 Å². The molecule has 0 radical (unpaired) electrons. The number of unbranched alkanes of at least 4 members (excludes halogenated alkanes) is 18. The van der Waals surface area contributed by atoms with Crippen LogP contribution in [-0.2, 0) is 28.6 Å². The number of ether oxygens (including phenoxy) is 3. The fourth-order valence-electron chi connectivity index (χ4n) is 7.59. The first-order chi connectivity index (χ1) is 35.5. The molecule has 0 aromatic rings. The van der Waals surface area contributed by atoms with Gasteiger partial charge in [0.25, 0.3) is 0 Å². The fraction of sp³-hybridized carbons (Fsp3) is 0.621. The van der Waals surface area contributed by atoms with Crippen molar-refractivity contribution in [1.82, 2.24) is 0 Å². The topological polar surface area (TPSA) is 78.9 Å². The van der Waals surface area contributed by atoms with Gasteiger partial charge in [0.05, 0.1) is 0 Å². The largest absolute Gasteiger partial charge is 0.462 e. The predicted molar refractivity (Wildman–Crippen MR) is 311 cm³/mol. The molecule has 0 spiro atoms. The summed E-state index contributed by atoms with van der Waals surface area (Å²) in [4.78, 5) is 38.1. The Morgan fingerprint density at radius 3 is 0.875 bits per heavy atom. The average molecular weight is 996 g/mol. The summed E-state index contributed by atoms with van der Waals surface area (Å²) < 4.78 is 16.8. The van der Waals surface area contributed by atoms with Crippen molar-refractivity contribution in [2.24, 2.45) is 0 Å². The first-order valence-electron chi connectivity index (χ1n) is 29.2. The molecular formula is C66H106O6. The Kier molecular flexibility index (Phi) is 55.5. The molecule has 0 N–H and O–H groups in total. The molecule has 6 nitrogen and oxygen atoms in total. The minimum absolute atomic E-state index is 0.102. The summed E-state index contributed by atoms with van der Waals surface area (Å²) in [6, 6.07) is 0. The van der Waals surface area contributed by atoms with Gasteiger partial charge in [-0.25, -0.2) is 0 Å². The molecule has 0 heterocycles. The van der Waals surface area contributed by atoms with Crippen LogP contribution in [0.5, 0.6) is 0 Å². The molecule has 0 bridgehead atoms. The molecule has 0 aliphatic rings. The number of carbonyl (C=O) groups is 3. The molecule has 0 aliphatic heterocycles. The van der Waals surface area contributed by atoms with Gasteiger partial charge in [-0.15, -0.1) is 0 Å². The van der Waals surface area contributed by atoms with Crippen LogP contribution < -0.4 is 0 Å². The van der Waals surface area contributed by atoms with Crippen LogP contribution in [0.1, 0.15) is 245 Å². The number of hydrogen-bond acceptors (Lipinski definition) is 6. The van der Waals surface area contributed by atoms with E-state index in [1.807, 2.05) is 0 Å². The molecule has 1 atom stereocenters. The van der Waals surface area contributed by atoms with Gasteiger partial charge in [0.15, 0.2) is 6.10 Å². The van der Waals surface area contributed by atoms with Crippen molar-refractivity contribution < 1.29 is 28.6 Å². The highest BCUT2D eigenvalue weighted by Crippen LogP contribution is 2.14. The highest BCUT2D eigenvalue weighted by atomic mass is 16.6. The second kappa shape index (κ2) is 59.1. The van der Waals surface area contributed by atoms with Crippen LogP contribution in [0.4, 0.5) is 0 Å². The summed E-state index contributed by atoms with van der Waals surface area (Å²) in [5, 5.41) is 0. The van der Waals surface area contributed by atoms with Gasteiger partial charge in [-0.2, -0.15) is 0 Å². The minimum atomic E-state index is -0.809. The summed E-state index contributed by atoms with van der Waals surface area (Å²) in [7, 11) is 0. The van der Waals surface area contributed by atoms with Gasteiger partial charge in [-0.3, -0.25) is 14.4 Å². The standard InChI is InChI=1S/C66H106O6/c1-4-7-10-13-16-19-22-24-26-28-30-32-33-35-36-38-40-42-44-47-50-53-56-59-65(68)71-62-63(61-70-64(67)58-55-52-49-46-21-18-15-12-9-6-3)72-66(69)60-57-54-51-48-45-43-41-39-37-34-31-29-27-25-23-20-17-14-11-8-5-2/h7-8,10-11,16-17,19-20,24-27,30-32,34-36,39,41,45,48,63H,4-6,9,12-15,18,21-23,28-29,33,37-38,40,42-44,46-47,49-62H2,1-3H3/b10-7-,11-8-,19-16-,20-17-,26-24-,27-25-,32-30-,34-31-,36-35-,41-39-,48-45-. The van der Waals surface area contributed by atoms with E-state index in [0.29, 0.717) is 19.3 Å². The first kappa shape index (κ1) is 67.5. The highest BCUT2D eigenvalue weighted by molar-refractivity contribution is 5.71. The van der Waals surface area contributed by atoms with Gasteiger partial charge >= 0.3 is 17.9 Å². The van der Waals surface area contributed by atoms with Crippen molar-refractivity contribution in [3.8, 4) is 0 Å². The zero-order valence-corrected chi connectivity index (χ0v) is 46.4. The summed E-state index contributed by atoms with van der Waals surface area (Å²) in [5.41, 5.74) is 0. The van der Waals surface area contributed by atoms with E-state index in [4.69, 9.17) is 14.2 Å². The Balaban J connectivity index is 4.43. The van der Waals surface area contributed by atoms with Gasteiger partial charge < -0.3 is 14.2 Å². The van der Waals surface area contributed by atoms with Crippen LogP contribution in [0, 0.1) is 0 Å². The molecule has 0 saturated heterocycles. The highest BCUT2D eigenvalue weighted by Gasteiger charge is 2.19. The smallest absolute Gasteiger partial charge is 0.306 e. The minimum Gasteiger partial charge on any atom is -0.462 e. The maximum absolute atomic E-state index is 12.8. The van der Waals surface area contributed by atoms with Crippen molar-refractivity contribution >= 4 is 17.9 Å². The van der Waals surface area contributed by atoms with E-state index in [-0.39, 0.29) is 37.5 Å². The van der Waals surface area contributed by atoms with Crippen molar-refractivity contribution in [1.29, 1.82) is 0 Å². The monoisotopic (exact) mass is 995 g/mol. The van der Waals surface area contributed by atoms with Crippen molar-refractivity contribution in [2.45, 2.75) is 252 Å². The van der Waals surface area contributed by atoms with Crippen molar-refractivity contribution in [3.63, 3.8) is 0 Å². The quantitative estimate of drug-likeness (QED) is 0.0261. The van der Waals surface area contributed by atoms with Crippen LogP contribution in [0.25, 0.3) is 0 Å². The van der Waals surface area contributed by atoms with E-state index in [0.717, 1.165) is 128 Å². The average Bonchev–Trinajstić information content (AvgIpc) is 3.38. The predicted octanol–water partition coefficient (Wildman–Crippen LogP) is 19.8. The second-order valence-corrected chi connectivity index (χ2v) is 18.8. The number of hydrogen-bond donors (Lipinski definition) is 0. The molecule has 6 heteroatoms. The molecule has 0 aliphatic carbocycles. The van der Waals surface area contributed by atoms with Crippen LogP contribution in [0.3, 0.4) is 0 Å². The van der Waals surface area contributed by atoms with E-state index in [1.165, 1.54) is 70.6 Å². The lowest BCUT2D eigenvalue weighted by atomic mass is 10.1. The van der Waals surface area contributed by atoms with Crippen molar-refractivity contribution in [3.05, 3.63) is 134 Å². The zero-order chi connectivity index (χ0) is 52.2. The zero-order valence-electron chi connectivity index (χ0n) is 46.4. The molecule has 0 rings (SSSR count). The van der Waals surface area contributed by atoms with E-state index in [9.17, 15) is 14.4 Å². The third kappa shape index (κ3) is 56.5. The Morgan fingerprint density at radius 1 is 0.292 bits per heavy atom. The van der Waals surface area contributed by atoms with Crippen LogP contribution in [0.2, 0.25) is 0 Å². The van der Waals surface area contributed by atoms with Crippen LogP contribution in [-0.4, -0.2) is 37.2 Å². The lowest BCUT2D eigenvalue weighted by Gasteiger charge is -2.18. The Hall–Kier alpha value is -4.45. The lowest BCUT2D eigenvalue weighted by Crippen LogP contribution is -2.30. The first-order valence-corrected chi connectivity index (χ1v) is 29.2. The Morgan fingerprint density at radius 2 is 0.542 bits per heavy atom. The van der Waals surface area contributed by atoms with E-state index in [1.54, 1.807) is 0 Å². The molecule has 0 aromatic carbocycles. The van der Waals surface area contributed by atoms with Gasteiger partial charge in [0.1, 0.15) is 13.2 Å².